The first-order valence-electron chi connectivity index (χ1n) is 9.68. The molecule has 2 aliphatic rings. The summed E-state index contributed by atoms with van der Waals surface area (Å²) in [6.45, 7) is 2.91. The number of piperidine rings is 1. The van der Waals surface area contributed by atoms with Crippen molar-refractivity contribution in [3.8, 4) is 0 Å². The molecule has 1 saturated heterocycles. The van der Waals surface area contributed by atoms with Crippen LogP contribution in [-0.4, -0.2) is 33.6 Å². The number of thiazole rings is 1. The molecule has 29 heavy (non-hydrogen) atoms. The number of nitrogens with two attached hydrogens (primary N) is 1. The third-order valence-corrected chi connectivity index (χ3v) is 6.27. The van der Waals surface area contributed by atoms with Gasteiger partial charge in [0, 0.05) is 36.5 Å². The molecule has 0 saturated carbocycles. The predicted octanol–water partition coefficient (Wildman–Crippen LogP) is 1.93. The Balaban J connectivity index is 1.49. The molecule has 4 rings (SSSR count). The van der Waals surface area contributed by atoms with Crippen molar-refractivity contribution in [1.82, 2.24) is 15.2 Å². The summed E-state index contributed by atoms with van der Waals surface area (Å²) < 4.78 is 0. The summed E-state index contributed by atoms with van der Waals surface area (Å²) in [4.78, 5) is 42.6. The number of hydrogen-bond acceptors (Lipinski definition) is 7. The molecule has 2 atom stereocenters. The number of benzene rings is 1. The minimum absolute atomic E-state index is 0.0672. The van der Waals surface area contributed by atoms with Crippen molar-refractivity contribution in [3.63, 3.8) is 0 Å². The van der Waals surface area contributed by atoms with Gasteiger partial charge in [0.15, 0.2) is 5.13 Å². The minimum atomic E-state index is -0.606. The van der Waals surface area contributed by atoms with Gasteiger partial charge in [-0.15, -0.1) is 11.3 Å². The largest absolute Gasteiger partial charge is 0.357 e. The van der Waals surface area contributed by atoms with E-state index in [0.717, 1.165) is 28.4 Å². The summed E-state index contributed by atoms with van der Waals surface area (Å²) in [6.07, 6.45) is 1.43. The molecule has 1 unspecified atom stereocenters. The first kappa shape index (κ1) is 19.5. The lowest BCUT2D eigenvalue weighted by Crippen LogP contribution is -2.52. The Bertz CT molecular complexity index is 973. The molecule has 9 heteroatoms. The van der Waals surface area contributed by atoms with E-state index in [-0.39, 0.29) is 24.3 Å². The van der Waals surface area contributed by atoms with Crippen molar-refractivity contribution in [3.05, 3.63) is 46.0 Å². The SMILES string of the molecule is CC[C@@H](N)c1csc(NCc2cccc3c2CN(C2CCC(=O)NC2=O)C3=O)n1. The zero-order valence-electron chi connectivity index (χ0n) is 16.1. The first-order valence-corrected chi connectivity index (χ1v) is 10.6. The predicted molar refractivity (Wildman–Crippen MR) is 109 cm³/mol. The molecular formula is C20H23N5O3S. The van der Waals surface area contributed by atoms with Gasteiger partial charge >= 0.3 is 0 Å². The number of nitrogens with zero attached hydrogens (tertiary/aromatic N) is 2. The summed E-state index contributed by atoms with van der Waals surface area (Å²) in [5.41, 5.74) is 9.42. The fourth-order valence-electron chi connectivity index (χ4n) is 3.73. The zero-order valence-corrected chi connectivity index (χ0v) is 16.9. The Morgan fingerprint density at radius 2 is 2.21 bits per heavy atom. The van der Waals surface area contributed by atoms with E-state index in [2.05, 4.69) is 15.6 Å². The quantitative estimate of drug-likeness (QED) is 0.623. The van der Waals surface area contributed by atoms with Crippen LogP contribution in [0.4, 0.5) is 5.13 Å². The van der Waals surface area contributed by atoms with Crippen LogP contribution in [-0.2, 0) is 22.7 Å². The molecule has 4 N–H and O–H groups in total. The van der Waals surface area contributed by atoms with E-state index in [9.17, 15) is 14.4 Å². The van der Waals surface area contributed by atoms with Crippen LogP contribution < -0.4 is 16.4 Å². The van der Waals surface area contributed by atoms with E-state index in [1.54, 1.807) is 11.0 Å². The fraction of sp³-hybridized carbons (Fsp3) is 0.400. The number of carbonyl (C=O) groups excluding carboxylic acids is 3. The van der Waals surface area contributed by atoms with E-state index < -0.39 is 11.9 Å². The van der Waals surface area contributed by atoms with Gasteiger partial charge in [-0.3, -0.25) is 19.7 Å². The van der Waals surface area contributed by atoms with Gasteiger partial charge in [-0.2, -0.15) is 0 Å². The minimum Gasteiger partial charge on any atom is -0.357 e. The third-order valence-electron chi connectivity index (χ3n) is 5.45. The highest BCUT2D eigenvalue weighted by atomic mass is 32.1. The van der Waals surface area contributed by atoms with Crippen molar-refractivity contribution in [2.24, 2.45) is 5.73 Å². The molecule has 3 amide bonds. The number of anilines is 1. The van der Waals surface area contributed by atoms with Crippen molar-refractivity contribution in [2.45, 2.75) is 51.4 Å². The van der Waals surface area contributed by atoms with Crippen LogP contribution in [0.5, 0.6) is 0 Å². The molecule has 8 nitrogen and oxygen atoms in total. The maximum absolute atomic E-state index is 12.9. The van der Waals surface area contributed by atoms with Crippen LogP contribution in [0.3, 0.4) is 0 Å². The maximum atomic E-state index is 12.9. The molecule has 152 valence electrons. The van der Waals surface area contributed by atoms with E-state index in [4.69, 9.17) is 5.73 Å². The molecule has 1 aromatic heterocycles. The summed E-state index contributed by atoms with van der Waals surface area (Å²) in [6, 6.07) is 4.93. The van der Waals surface area contributed by atoms with Gasteiger partial charge in [-0.05, 0) is 30.0 Å². The Morgan fingerprint density at radius 3 is 2.97 bits per heavy atom. The Hall–Kier alpha value is -2.78. The standard InChI is InChI=1S/C20H23N5O3S/c1-2-14(21)15-10-29-20(23-15)22-8-11-4-3-5-12-13(11)9-25(19(12)28)16-6-7-17(26)24-18(16)27/h3-5,10,14,16H,2,6-9,21H2,1H3,(H,22,23)(H,24,26,27)/t14-,16?/m1/s1. The Kier molecular flexibility index (Phi) is 5.33. The second-order valence-corrected chi connectivity index (χ2v) is 8.15. The third kappa shape index (κ3) is 3.75. The average Bonchev–Trinajstić information content (AvgIpc) is 3.31. The van der Waals surface area contributed by atoms with Gasteiger partial charge in [-0.1, -0.05) is 19.1 Å². The van der Waals surface area contributed by atoms with E-state index in [1.807, 2.05) is 24.4 Å². The fourth-order valence-corrected chi connectivity index (χ4v) is 4.51. The molecule has 2 aliphatic heterocycles. The maximum Gasteiger partial charge on any atom is 0.255 e. The number of hydrogen-bond donors (Lipinski definition) is 3. The molecule has 0 spiro atoms. The molecule has 0 bridgehead atoms. The number of carbonyl (C=O) groups is 3. The van der Waals surface area contributed by atoms with Gasteiger partial charge < -0.3 is 16.0 Å². The van der Waals surface area contributed by atoms with Crippen LogP contribution in [0, 0.1) is 0 Å². The van der Waals surface area contributed by atoms with Crippen LogP contribution in [0.15, 0.2) is 23.6 Å². The van der Waals surface area contributed by atoms with Crippen LogP contribution in [0.25, 0.3) is 0 Å². The van der Waals surface area contributed by atoms with Gasteiger partial charge in [0.25, 0.3) is 5.91 Å². The highest BCUT2D eigenvalue weighted by Crippen LogP contribution is 2.30. The average molecular weight is 414 g/mol. The van der Waals surface area contributed by atoms with Crippen LogP contribution in [0.1, 0.15) is 59.4 Å². The van der Waals surface area contributed by atoms with E-state index in [0.29, 0.717) is 25.1 Å². The summed E-state index contributed by atoms with van der Waals surface area (Å²) in [7, 11) is 0. The second-order valence-electron chi connectivity index (χ2n) is 7.29. The van der Waals surface area contributed by atoms with Crippen LogP contribution in [0.2, 0.25) is 0 Å². The van der Waals surface area contributed by atoms with Gasteiger partial charge in [-0.25, -0.2) is 4.98 Å². The number of imide groups is 1. The second kappa shape index (κ2) is 7.92. The summed E-state index contributed by atoms with van der Waals surface area (Å²) >= 11 is 1.51. The smallest absolute Gasteiger partial charge is 0.255 e. The van der Waals surface area contributed by atoms with Gasteiger partial charge in [0.05, 0.1) is 5.69 Å². The van der Waals surface area contributed by atoms with Crippen molar-refractivity contribution >= 4 is 34.2 Å². The van der Waals surface area contributed by atoms with Crippen molar-refractivity contribution < 1.29 is 14.4 Å². The Labute approximate surface area is 172 Å². The number of fused-ring (bicyclic) bond motifs is 1. The molecule has 0 aliphatic carbocycles. The molecule has 2 aromatic rings. The number of rotatable bonds is 6. The van der Waals surface area contributed by atoms with Gasteiger partial charge in [0.2, 0.25) is 11.8 Å². The van der Waals surface area contributed by atoms with Crippen molar-refractivity contribution in [1.29, 1.82) is 0 Å². The molecule has 3 heterocycles. The van der Waals surface area contributed by atoms with E-state index >= 15 is 0 Å². The lowest BCUT2D eigenvalue weighted by Gasteiger charge is -2.29. The lowest BCUT2D eigenvalue weighted by molar-refractivity contribution is -0.136. The van der Waals surface area contributed by atoms with Crippen molar-refractivity contribution in [2.75, 3.05) is 5.32 Å². The van der Waals surface area contributed by atoms with Gasteiger partial charge in [0.1, 0.15) is 6.04 Å². The lowest BCUT2D eigenvalue weighted by atomic mass is 10.0. The topological polar surface area (TPSA) is 117 Å². The summed E-state index contributed by atoms with van der Waals surface area (Å²) in [5, 5.41) is 8.39. The number of amides is 3. The highest BCUT2D eigenvalue weighted by molar-refractivity contribution is 7.13. The Morgan fingerprint density at radius 1 is 1.38 bits per heavy atom. The molecule has 0 radical (unpaired) electrons. The number of nitrogens with one attached hydrogen (secondary N) is 2. The zero-order chi connectivity index (χ0) is 20.5. The normalized spacial score (nSPS) is 19.9. The molecule has 1 fully saturated rings. The monoisotopic (exact) mass is 413 g/mol. The van der Waals surface area contributed by atoms with E-state index in [1.165, 1.54) is 11.3 Å². The highest BCUT2D eigenvalue weighted by Gasteiger charge is 2.39. The summed E-state index contributed by atoms with van der Waals surface area (Å²) in [5.74, 6) is -0.850. The number of aromatic nitrogens is 1. The molecule has 1 aromatic carbocycles. The van der Waals surface area contributed by atoms with Crippen LogP contribution >= 0.6 is 11.3 Å². The first-order chi connectivity index (χ1) is 14.0. The molecular weight excluding hydrogens is 390 g/mol.